The van der Waals surface area contributed by atoms with Gasteiger partial charge in [0, 0.05) is 19.8 Å². The second kappa shape index (κ2) is 9.40. The zero-order valence-electron chi connectivity index (χ0n) is 13.6. The predicted molar refractivity (Wildman–Crippen MR) is 84.7 cm³/mol. The Morgan fingerprint density at radius 1 is 1.24 bits per heavy atom. The van der Waals surface area contributed by atoms with Crippen molar-refractivity contribution in [2.24, 2.45) is 0 Å². The van der Waals surface area contributed by atoms with E-state index in [-0.39, 0.29) is 5.91 Å². The molecule has 0 unspecified atom stereocenters. The maximum absolute atomic E-state index is 12.1. The van der Waals surface area contributed by atoms with Gasteiger partial charge in [0.15, 0.2) is 6.10 Å². The van der Waals surface area contributed by atoms with Crippen molar-refractivity contribution in [3.8, 4) is 5.75 Å². The highest BCUT2D eigenvalue weighted by Gasteiger charge is 2.17. The van der Waals surface area contributed by atoms with E-state index in [0.29, 0.717) is 26.2 Å². The van der Waals surface area contributed by atoms with Crippen LogP contribution >= 0.6 is 0 Å². The van der Waals surface area contributed by atoms with Gasteiger partial charge in [-0.25, -0.2) is 0 Å². The zero-order chi connectivity index (χ0) is 15.7. The van der Waals surface area contributed by atoms with Crippen molar-refractivity contribution in [3.63, 3.8) is 0 Å². The first-order valence-electron chi connectivity index (χ1n) is 7.67. The quantitative estimate of drug-likeness (QED) is 0.712. The second-order valence-electron chi connectivity index (χ2n) is 5.10. The molecule has 21 heavy (non-hydrogen) atoms. The van der Waals surface area contributed by atoms with Crippen molar-refractivity contribution in [2.75, 3.05) is 19.8 Å². The third-order valence-electron chi connectivity index (χ3n) is 3.39. The average molecular weight is 293 g/mol. The lowest BCUT2D eigenvalue weighted by Crippen LogP contribution is -2.38. The molecular formula is C17H27NO3. The molecule has 0 aliphatic heterocycles. The van der Waals surface area contributed by atoms with Crippen LogP contribution < -0.4 is 10.1 Å². The molecule has 0 aliphatic carbocycles. The lowest BCUT2D eigenvalue weighted by Gasteiger charge is -2.18. The molecule has 0 saturated heterocycles. The Morgan fingerprint density at radius 2 is 2.00 bits per heavy atom. The largest absolute Gasteiger partial charge is 0.481 e. The van der Waals surface area contributed by atoms with Gasteiger partial charge in [0.25, 0.3) is 5.91 Å². The number of aryl methyl sites for hydroxylation is 2. The average Bonchev–Trinajstić information content (AvgIpc) is 2.48. The fraction of sp³-hybridized carbons (Fsp3) is 0.588. The normalized spacial score (nSPS) is 12.0. The van der Waals surface area contributed by atoms with Crippen molar-refractivity contribution in [1.82, 2.24) is 5.32 Å². The fourth-order valence-electron chi connectivity index (χ4n) is 1.92. The summed E-state index contributed by atoms with van der Waals surface area (Å²) >= 11 is 0. The first-order chi connectivity index (χ1) is 10.1. The summed E-state index contributed by atoms with van der Waals surface area (Å²) in [5.41, 5.74) is 2.38. The molecule has 1 aromatic rings. The van der Waals surface area contributed by atoms with E-state index in [1.165, 1.54) is 11.1 Å². The number of carbonyl (C=O) groups is 1. The van der Waals surface area contributed by atoms with E-state index in [9.17, 15) is 4.79 Å². The number of hydrogen-bond acceptors (Lipinski definition) is 3. The van der Waals surface area contributed by atoms with E-state index in [0.717, 1.165) is 12.2 Å². The lowest BCUT2D eigenvalue weighted by atomic mass is 10.1. The van der Waals surface area contributed by atoms with Gasteiger partial charge in [-0.2, -0.15) is 0 Å². The summed E-state index contributed by atoms with van der Waals surface area (Å²) in [6.07, 6.45) is 1.02. The Bertz CT molecular complexity index is 446. The summed E-state index contributed by atoms with van der Waals surface area (Å²) in [6, 6.07) is 5.89. The maximum Gasteiger partial charge on any atom is 0.261 e. The Hall–Kier alpha value is -1.55. The van der Waals surface area contributed by atoms with Crippen LogP contribution in [0.15, 0.2) is 18.2 Å². The molecule has 4 nitrogen and oxygen atoms in total. The summed E-state index contributed by atoms with van der Waals surface area (Å²) in [7, 11) is 0. The third-order valence-corrected chi connectivity index (χ3v) is 3.39. The second-order valence-corrected chi connectivity index (χ2v) is 5.10. The van der Waals surface area contributed by atoms with Gasteiger partial charge in [0.2, 0.25) is 0 Å². The molecule has 0 aliphatic rings. The van der Waals surface area contributed by atoms with Crippen LogP contribution in [0.3, 0.4) is 0 Å². The number of carbonyl (C=O) groups excluding carboxylic acids is 1. The Morgan fingerprint density at radius 3 is 2.62 bits per heavy atom. The van der Waals surface area contributed by atoms with E-state index in [2.05, 4.69) is 12.2 Å². The molecule has 0 radical (unpaired) electrons. The lowest BCUT2D eigenvalue weighted by molar-refractivity contribution is -0.128. The van der Waals surface area contributed by atoms with Crippen LogP contribution in [0.4, 0.5) is 0 Å². The van der Waals surface area contributed by atoms with E-state index in [1.807, 2.05) is 39.0 Å². The first kappa shape index (κ1) is 17.5. The van der Waals surface area contributed by atoms with Crippen LogP contribution in [0, 0.1) is 13.8 Å². The van der Waals surface area contributed by atoms with Crippen molar-refractivity contribution in [2.45, 2.75) is 46.6 Å². The standard InChI is InChI=1S/C17H27NO3/c1-5-16(17(19)18-10-7-11-20-6-2)21-15-9-8-13(3)14(4)12-15/h8-9,12,16H,5-7,10-11H2,1-4H3,(H,18,19)/t16-/m0/s1. The molecule has 1 atom stereocenters. The molecule has 1 amide bonds. The van der Waals surface area contributed by atoms with E-state index >= 15 is 0 Å². The SMILES string of the molecule is CCOCCCNC(=O)[C@H](CC)Oc1ccc(C)c(C)c1. The molecule has 1 rings (SSSR count). The van der Waals surface area contributed by atoms with Crippen LogP contribution in [0.25, 0.3) is 0 Å². The highest BCUT2D eigenvalue weighted by molar-refractivity contribution is 5.81. The summed E-state index contributed by atoms with van der Waals surface area (Å²) in [5.74, 6) is 0.682. The highest BCUT2D eigenvalue weighted by Crippen LogP contribution is 2.18. The summed E-state index contributed by atoms with van der Waals surface area (Å²) < 4.78 is 11.0. The van der Waals surface area contributed by atoms with Gasteiger partial charge < -0.3 is 14.8 Å². The van der Waals surface area contributed by atoms with E-state index < -0.39 is 6.10 Å². The Kier molecular flexibility index (Phi) is 7.83. The fourth-order valence-corrected chi connectivity index (χ4v) is 1.92. The summed E-state index contributed by atoms with van der Waals surface area (Å²) in [6.45, 7) is 10.0. The van der Waals surface area contributed by atoms with Gasteiger partial charge in [-0.05, 0) is 56.9 Å². The number of nitrogens with one attached hydrogen (secondary N) is 1. The number of benzene rings is 1. The van der Waals surface area contributed by atoms with Gasteiger partial charge in [-0.3, -0.25) is 4.79 Å². The minimum Gasteiger partial charge on any atom is -0.481 e. The van der Waals surface area contributed by atoms with Crippen LogP contribution in [0.1, 0.15) is 37.8 Å². The Balaban J connectivity index is 2.45. The third kappa shape index (κ3) is 6.17. The molecular weight excluding hydrogens is 266 g/mol. The molecule has 0 bridgehead atoms. The van der Waals surface area contributed by atoms with Crippen LogP contribution in [-0.4, -0.2) is 31.8 Å². The van der Waals surface area contributed by atoms with Crippen molar-refractivity contribution in [3.05, 3.63) is 29.3 Å². The van der Waals surface area contributed by atoms with Gasteiger partial charge in [-0.1, -0.05) is 13.0 Å². The van der Waals surface area contributed by atoms with Crippen molar-refractivity contribution < 1.29 is 14.3 Å². The monoisotopic (exact) mass is 293 g/mol. The van der Waals surface area contributed by atoms with E-state index in [4.69, 9.17) is 9.47 Å². The minimum absolute atomic E-state index is 0.0628. The molecule has 1 N–H and O–H groups in total. The number of rotatable bonds is 9. The topological polar surface area (TPSA) is 47.6 Å². The van der Waals surface area contributed by atoms with Gasteiger partial charge in [0.05, 0.1) is 0 Å². The van der Waals surface area contributed by atoms with Gasteiger partial charge >= 0.3 is 0 Å². The summed E-state index contributed by atoms with van der Waals surface area (Å²) in [5, 5.41) is 2.89. The highest BCUT2D eigenvalue weighted by atomic mass is 16.5. The zero-order valence-corrected chi connectivity index (χ0v) is 13.6. The van der Waals surface area contributed by atoms with Gasteiger partial charge in [0.1, 0.15) is 5.75 Å². The minimum atomic E-state index is -0.445. The smallest absolute Gasteiger partial charge is 0.261 e. The molecule has 0 heterocycles. The predicted octanol–water partition coefficient (Wildman–Crippen LogP) is 3.00. The van der Waals surface area contributed by atoms with Crippen LogP contribution in [-0.2, 0) is 9.53 Å². The molecule has 118 valence electrons. The Labute approximate surface area is 127 Å². The molecule has 0 saturated carbocycles. The summed E-state index contributed by atoms with van der Waals surface area (Å²) in [4.78, 5) is 12.1. The molecule has 0 fully saturated rings. The van der Waals surface area contributed by atoms with Crippen LogP contribution in [0.2, 0.25) is 0 Å². The number of amides is 1. The molecule has 4 heteroatoms. The number of hydrogen-bond donors (Lipinski definition) is 1. The maximum atomic E-state index is 12.1. The molecule has 0 aromatic heterocycles. The van der Waals surface area contributed by atoms with Crippen molar-refractivity contribution >= 4 is 5.91 Å². The molecule has 0 spiro atoms. The van der Waals surface area contributed by atoms with Crippen LogP contribution in [0.5, 0.6) is 5.75 Å². The number of ether oxygens (including phenoxy) is 2. The van der Waals surface area contributed by atoms with E-state index in [1.54, 1.807) is 0 Å². The van der Waals surface area contributed by atoms with Gasteiger partial charge in [-0.15, -0.1) is 0 Å². The van der Waals surface area contributed by atoms with Crippen molar-refractivity contribution in [1.29, 1.82) is 0 Å². The first-order valence-corrected chi connectivity index (χ1v) is 7.67. The molecule has 1 aromatic carbocycles.